The second-order valence-corrected chi connectivity index (χ2v) is 12.4. The normalized spacial score (nSPS) is 29.0. The van der Waals surface area contributed by atoms with Gasteiger partial charge in [0.2, 0.25) is 5.28 Å². The minimum atomic E-state index is -4.06. The zero-order valence-corrected chi connectivity index (χ0v) is 21.2. The monoisotopic (exact) mass is 529 g/mol. The fraction of sp³-hybridized carbons (Fsp3) is 0.773. The van der Waals surface area contributed by atoms with Gasteiger partial charge in [-0.1, -0.05) is 25.7 Å². The molecule has 35 heavy (non-hydrogen) atoms. The summed E-state index contributed by atoms with van der Waals surface area (Å²) in [7, 11) is -4.06. The molecule has 1 aliphatic carbocycles. The van der Waals surface area contributed by atoms with E-state index in [0.29, 0.717) is 41.7 Å². The number of rotatable bonds is 7. The second kappa shape index (κ2) is 9.85. The number of imidazole rings is 1. The molecule has 0 amide bonds. The third kappa shape index (κ3) is 5.23. The molecule has 0 aromatic carbocycles. The van der Waals surface area contributed by atoms with E-state index in [1.807, 2.05) is 0 Å². The van der Waals surface area contributed by atoms with E-state index < -0.39 is 32.1 Å². The van der Waals surface area contributed by atoms with E-state index in [4.69, 9.17) is 26.1 Å². The molecule has 2 aliphatic heterocycles. The van der Waals surface area contributed by atoms with Crippen LogP contribution < -0.4 is 4.90 Å². The van der Waals surface area contributed by atoms with Crippen LogP contribution in [0.15, 0.2) is 6.33 Å². The van der Waals surface area contributed by atoms with Crippen molar-refractivity contribution in [3.8, 4) is 0 Å². The number of nitrogens with zero attached hydrogens (tertiary/aromatic N) is 5. The van der Waals surface area contributed by atoms with Gasteiger partial charge >= 0.3 is 7.60 Å². The van der Waals surface area contributed by atoms with Gasteiger partial charge in [-0.3, -0.25) is 9.13 Å². The molecule has 13 heteroatoms. The van der Waals surface area contributed by atoms with Gasteiger partial charge in [0, 0.05) is 19.3 Å². The summed E-state index contributed by atoms with van der Waals surface area (Å²) >= 11 is 6.32. The molecule has 2 unspecified atom stereocenters. The number of unbranched alkanes of at least 4 members (excludes halogenated alkanes) is 1. The Morgan fingerprint density at radius 1 is 1.11 bits per heavy atom. The van der Waals surface area contributed by atoms with Gasteiger partial charge in [0.05, 0.1) is 12.4 Å². The van der Waals surface area contributed by atoms with Crippen LogP contribution in [-0.4, -0.2) is 77.1 Å². The summed E-state index contributed by atoms with van der Waals surface area (Å²) in [6.07, 6.45) is 5.89. The lowest BCUT2D eigenvalue weighted by Crippen LogP contribution is -2.31. The molecule has 4 heterocycles. The Hall–Kier alpha value is -1.33. The van der Waals surface area contributed by atoms with Crippen LogP contribution in [0.1, 0.15) is 64.0 Å². The highest BCUT2D eigenvalue weighted by Crippen LogP contribution is 2.45. The van der Waals surface area contributed by atoms with E-state index in [2.05, 4.69) is 19.9 Å². The predicted molar refractivity (Wildman–Crippen MR) is 129 cm³/mol. The van der Waals surface area contributed by atoms with E-state index in [-0.39, 0.29) is 11.4 Å². The van der Waals surface area contributed by atoms with Crippen LogP contribution in [0, 0.1) is 5.41 Å². The number of fused-ring (bicyclic) bond motifs is 1. The molecule has 3 aliphatic rings. The maximum Gasteiger partial charge on any atom is 0.325 e. The quantitative estimate of drug-likeness (QED) is 0.239. The third-order valence-corrected chi connectivity index (χ3v) is 8.90. The van der Waals surface area contributed by atoms with Crippen molar-refractivity contribution >= 4 is 36.2 Å². The first-order valence-electron chi connectivity index (χ1n) is 12.4. The predicted octanol–water partition coefficient (Wildman–Crippen LogP) is 2.61. The first kappa shape index (κ1) is 25.3. The van der Waals surface area contributed by atoms with E-state index in [9.17, 15) is 14.8 Å². The van der Waals surface area contributed by atoms with Gasteiger partial charge in [0.15, 0.2) is 23.2 Å². The summed E-state index contributed by atoms with van der Waals surface area (Å²) in [6.45, 7) is 1.80. The van der Waals surface area contributed by atoms with Crippen molar-refractivity contribution in [2.24, 2.45) is 5.41 Å². The van der Waals surface area contributed by atoms with E-state index >= 15 is 0 Å². The average molecular weight is 530 g/mol. The minimum Gasteiger partial charge on any atom is -0.388 e. The molecule has 5 rings (SSSR count). The number of hydrogen-bond acceptors (Lipinski definition) is 8. The lowest BCUT2D eigenvalue weighted by molar-refractivity contribution is -0.0373. The van der Waals surface area contributed by atoms with E-state index in [0.717, 1.165) is 19.5 Å². The van der Waals surface area contributed by atoms with Crippen LogP contribution in [0.4, 0.5) is 5.82 Å². The van der Waals surface area contributed by atoms with Gasteiger partial charge in [-0.2, -0.15) is 9.97 Å². The Bertz CT molecular complexity index is 1110. The fourth-order valence-corrected chi connectivity index (χ4v) is 6.76. The number of aliphatic hydroxyl groups excluding tert-OH is 2. The molecule has 3 fully saturated rings. The van der Waals surface area contributed by atoms with Gasteiger partial charge in [-0.15, -0.1) is 0 Å². The molecule has 4 atom stereocenters. The van der Waals surface area contributed by atoms with Crippen LogP contribution in [0.2, 0.25) is 5.28 Å². The number of ether oxygens (including phenoxy) is 1. The number of anilines is 1. The molecule has 2 saturated heterocycles. The molecule has 1 spiro atoms. The fourth-order valence-electron chi connectivity index (χ4n) is 5.97. The van der Waals surface area contributed by atoms with Crippen LogP contribution >= 0.6 is 19.2 Å². The smallest absolute Gasteiger partial charge is 0.325 e. The molecule has 2 aromatic heterocycles. The first-order chi connectivity index (χ1) is 16.7. The molecule has 194 valence electrons. The zero-order chi connectivity index (χ0) is 24.8. The highest BCUT2D eigenvalue weighted by Gasteiger charge is 2.44. The van der Waals surface area contributed by atoms with E-state index in [1.54, 1.807) is 4.57 Å². The summed E-state index contributed by atoms with van der Waals surface area (Å²) in [5, 5.41) is 21.4. The molecular formula is C22H33ClN5O6P. The Balaban J connectivity index is 1.34. The number of aliphatic hydroxyl groups is 2. The number of hydrogen-bond donors (Lipinski definition) is 4. The Morgan fingerprint density at radius 3 is 2.63 bits per heavy atom. The topological polar surface area (TPSA) is 154 Å². The lowest BCUT2D eigenvalue weighted by Gasteiger charge is -2.33. The second-order valence-electron chi connectivity index (χ2n) is 10.3. The standard InChI is InChI=1S/C22H33ClN5O6P/c23-21-25-18(27-10-9-22(12-27)7-3-1-4-8-22)15-19(26-21)28(13-24-15)20-17(30)16(29)14(34-20)6-2-5-11-35(31,32)33/h13-14,16-17,20,29-30H,1-12H2,(H2,31,32,33)/t14-,16?,17?,20-/m1/s1. The van der Waals surface area contributed by atoms with Gasteiger partial charge < -0.3 is 29.6 Å². The highest BCUT2D eigenvalue weighted by atomic mass is 35.5. The van der Waals surface area contributed by atoms with Gasteiger partial charge in [0.1, 0.15) is 12.2 Å². The van der Waals surface area contributed by atoms with E-state index in [1.165, 1.54) is 38.4 Å². The third-order valence-electron chi connectivity index (χ3n) is 7.83. The van der Waals surface area contributed by atoms with Gasteiger partial charge in [0.25, 0.3) is 0 Å². The Kier molecular flexibility index (Phi) is 7.13. The molecule has 2 aromatic rings. The summed E-state index contributed by atoms with van der Waals surface area (Å²) in [6, 6.07) is 0. The van der Waals surface area contributed by atoms with Gasteiger partial charge in [-0.25, -0.2) is 4.98 Å². The zero-order valence-electron chi connectivity index (χ0n) is 19.5. The largest absolute Gasteiger partial charge is 0.388 e. The van der Waals surface area contributed by atoms with Crippen molar-refractivity contribution in [1.29, 1.82) is 0 Å². The summed E-state index contributed by atoms with van der Waals surface area (Å²) in [4.78, 5) is 33.7. The maximum atomic E-state index is 11.1. The van der Waals surface area contributed by atoms with Crippen molar-refractivity contribution in [3.05, 3.63) is 11.6 Å². The molecule has 1 saturated carbocycles. The maximum absolute atomic E-state index is 11.1. The Labute approximate surface area is 208 Å². The van der Waals surface area contributed by atoms with Crippen LogP contribution in [0.3, 0.4) is 0 Å². The first-order valence-corrected chi connectivity index (χ1v) is 14.5. The highest BCUT2D eigenvalue weighted by molar-refractivity contribution is 7.51. The van der Waals surface area contributed by atoms with Crippen molar-refractivity contribution in [3.63, 3.8) is 0 Å². The number of aromatic nitrogens is 4. The summed E-state index contributed by atoms with van der Waals surface area (Å²) in [5.41, 5.74) is 1.34. The Morgan fingerprint density at radius 2 is 1.89 bits per heavy atom. The van der Waals surface area contributed by atoms with Crippen LogP contribution in [-0.2, 0) is 9.30 Å². The molecule has 4 N–H and O–H groups in total. The van der Waals surface area contributed by atoms with Crippen molar-refractivity contribution in [2.45, 2.75) is 82.3 Å². The summed E-state index contributed by atoms with van der Waals surface area (Å²) in [5.74, 6) is 0.684. The van der Waals surface area contributed by atoms with Crippen molar-refractivity contribution < 1.29 is 29.3 Å². The van der Waals surface area contributed by atoms with Gasteiger partial charge in [-0.05, 0) is 49.1 Å². The number of halogens is 1. The van der Waals surface area contributed by atoms with Crippen molar-refractivity contribution in [2.75, 3.05) is 24.2 Å². The minimum absolute atomic E-state index is 0.0841. The van der Waals surface area contributed by atoms with Crippen LogP contribution in [0.25, 0.3) is 11.2 Å². The molecule has 0 bridgehead atoms. The molecule has 0 radical (unpaired) electrons. The lowest BCUT2D eigenvalue weighted by atomic mass is 9.73. The molecule has 11 nitrogen and oxygen atoms in total. The van der Waals surface area contributed by atoms with Crippen molar-refractivity contribution in [1.82, 2.24) is 19.5 Å². The average Bonchev–Trinajstić information content (AvgIpc) is 3.48. The SMILES string of the molecule is O=P(O)(O)CCCC[C@H]1O[C@@H](n2cnc3c(N4CCC5(CCCCC5)C4)nc(Cl)nc32)C(O)C1O. The molecular weight excluding hydrogens is 497 g/mol. The summed E-state index contributed by atoms with van der Waals surface area (Å²) < 4.78 is 18.6. The van der Waals surface area contributed by atoms with Crippen LogP contribution in [0.5, 0.6) is 0 Å².